The monoisotopic (exact) mass is 248 g/mol. The van der Waals surface area contributed by atoms with Crippen LogP contribution in [0.25, 0.3) is 0 Å². The van der Waals surface area contributed by atoms with E-state index in [2.05, 4.69) is 16.1 Å². The smallest absolute Gasteiger partial charge is 0.244 e. The van der Waals surface area contributed by atoms with Crippen molar-refractivity contribution in [2.75, 3.05) is 39.3 Å². The second-order valence-corrected chi connectivity index (χ2v) is 4.82. The molecule has 0 bridgehead atoms. The van der Waals surface area contributed by atoms with E-state index in [-0.39, 0.29) is 19.0 Å². The maximum Gasteiger partial charge on any atom is 0.244 e. The van der Waals surface area contributed by atoms with Crippen LogP contribution in [0.1, 0.15) is 13.8 Å². The van der Waals surface area contributed by atoms with Gasteiger partial charge in [0.25, 0.3) is 0 Å². The van der Waals surface area contributed by atoms with Gasteiger partial charge in [0.2, 0.25) is 5.91 Å². The van der Waals surface area contributed by atoms with Gasteiger partial charge in [0.15, 0.2) is 0 Å². The highest BCUT2D eigenvalue weighted by molar-refractivity contribution is 5.86. The maximum atomic E-state index is 12.5. The summed E-state index contributed by atoms with van der Waals surface area (Å²) in [6, 6.07) is 1.99. The summed E-state index contributed by atoms with van der Waals surface area (Å²) in [4.78, 5) is 16.0. The molecule has 18 heavy (non-hydrogen) atoms. The highest BCUT2D eigenvalue weighted by Gasteiger charge is 2.37. The Labute approximate surface area is 109 Å². The molecule has 1 aliphatic heterocycles. The third-order valence-corrected chi connectivity index (χ3v) is 3.26. The van der Waals surface area contributed by atoms with Crippen molar-refractivity contribution in [1.29, 1.82) is 5.26 Å². The molecule has 1 N–H and O–H groups in total. The van der Waals surface area contributed by atoms with Gasteiger partial charge >= 0.3 is 0 Å². The molecule has 98 valence electrons. The van der Waals surface area contributed by atoms with Gasteiger partial charge in [-0.3, -0.25) is 9.69 Å². The minimum atomic E-state index is -0.615. The normalized spacial score (nSPS) is 16.7. The Balaban J connectivity index is 2.78. The summed E-state index contributed by atoms with van der Waals surface area (Å²) in [5, 5.41) is 12.0. The molecular weight excluding hydrogens is 228 g/mol. The van der Waals surface area contributed by atoms with Crippen molar-refractivity contribution in [3.8, 4) is 18.4 Å². The summed E-state index contributed by atoms with van der Waals surface area (Å²) >= 11 is 0. The molecule has 0 aromatic heterocycles. The molecule has 0 unspecified atom stereocenters. The van der Waals surface area contributed by atoms with Crippen LogP contribution in [0, 0.1) is 23.7 Å². The predicted octanol–water partition coefficient (Wildman–Crippen LogP) is -0.344. The Kier molecular flexibility index (Phi) is 5.15. The molecule has 0 aromatic rings. The van der Waals surface area contributed by atoms with E-state index in [4.69, 9.17) is 11.7 Å². The molecule has 0 radical (unpaired) electrons. The molecule has 0 saturated carbocycles. The third-order valence-electron chi connectivity index (χ3n) is 3.26. The summed E-state index contributed by atoms with van der Waals surface area (Å²) < 4.78 is 0. The van der Waals surface area contributed by atoms with Crippen LogP contribution in [0.3, 0.4) is 0 Å². The van der Waals surface area contributed by atoms with E-state index in [0.717, 1.165) is 26.2 Å². The summed E-state index contributed by atoms with van der Waals surface area (Å²) in [5.41, 5.74) is -0.615. The molecular formula is C13H20N4O. The SMILES string of the molecule is C#CCN(CC#N)C(=O)C(C)(C)N1CCNCC1. The Morgan fingerprint density at radius 2 is 2.06 bits per heavy atom. The van der Waals surface area contributed by atoms with E-state index in [1.54, 1.807) is 0 Å². The fourth-order valence-corrected chi connectivity index (χ4v) is 2.14. The molecule has 1 amide bonds. The molecule has 0 aromatic carbocycles. The van der Waals surface area contributed by atoms with Gasteiger partial charge < -0.3 is 10.2 Å². The molecule has 1 rings (SSSR count). The number of carbonyl (C=O) groups excluding carboxylic acids is 1. The molecule has 1 heterocycles. The average Bonchev–Trinajstić information content (AvgIpc) is 2.38. The first-order chi connectivity index (χ1) is 8.54. The van der Waals surface area contributed by atoms with Crippen molar-refractivity contribution in [3.05, 3.63) is 0 Å². The number of nitrogens with one attached hydrogen (secondary N) is 1. The van der Waals surface area contributed by atoms with Crippen LogP contribution < -0.4 is 5.32 Å². The highest BCUT2D eigenvalue weighted by Crippen LogP contribution is 2.18. The number of nitrogens with zero attached hydrogens (tertiary/aromatic N) is 3. The number of amides is 1. The van der Waals surface area contributed by atoms with E-state index >= 15 is 0 Å². The molecule has 5 nitrogen and oxygen atoms in total. The fourth-order valence-electron chi connectivity index (χ4n) is 2.14. The van der Waals surface area contributed by atoms with Gasteiger partial charge in [-0.15, -0.1) is 6.42 Å². The fraction of sp³-hybridized carbons (Fsp3) is 0.692. The van der Waals surface area contributed by atoms with E-state index in [1.807, 2.05) is 19.9 Å². The first-order valence-corrected chi connectivity index (χ1v) is 6.09. The predicted molar refractivity (Wildman–Crippen MR) is 69.5 cm³/mol. The number of hydrogen-bond donors (Lipinski definition) is 1. The Morgan fingerprint density at radius 3 is 2.56 bits per heavy atom. The lowest BCUT2D eigenvalue weighted by Gasteiger charge is -2.41. The van der Waals surface area contributed by atoms with Crippen molar-refractivity contribution in [3.63, 3.8) is 0 Å². The first-order valence-electron chi connectivity index (χ1n) is 6.09. The van der Waals surface area contributed by atoms with Crippen molar-refractivity contribution in [1.82, 2.24) is 15.1 Å². The zero-order chi connectivity index (χ0) is 13.6. The second-order valence-electron chi connectivity index (χ2n) is 4.82. The van der Waals surface area contributed by atoms with Gasteiger partial charge in [0.1, 0.15) is 6.54 Å². The Hall–Kier alpha value is -1.56. The molecule has 0 spiro atoms. The lowest BCUT2D eigenvalue weighted by molar-refractivity contribution is -0.141. The summed E-state index contributed by atoms with van der Waals surface area (Å²) in [7, 11) is 0. The van der Waals surface area contributed by atoms with E-state index < -0.39 is 5.54 Å². The van der Waals surface area contributed by atoms with Crippen LogP contribution in [0.5, 0.6) is 0 Å². The topological polar surface area (TPSA) is 59.4 Å². The summed E-state index contributed by atoms with van der Waals surface area (Å²) in [6.45, 7) is 7.42. The van der Waals surface area contributed by atoms with Crippen LogP contribution in [-0.4, -0.2) is 60.5 Å². The van der Waals surface area contributed by atoms with Crippen LogP contribution in [-0.2, 0) is 4.79 Å². The van der Waals surface area contributed by atoms with Crippen LogP contribution in [0.15, 0.2) is 0 Å². The maximum absolute atomic E-state index is 12.5. The molecule has 1 fully saturated rings. The first kappa shape index (κ1) is 14.5. The minimum absolute atomic E-state index is 0.0402. The van der Waals surface area contributed by atoms with Crippen molar-refractivity contribution >= 4 is 5.91 Å². The van der Waals surface area contributed by atoms with E-state index in [0.29, 0.717) is 0 Å². The number of terminal acetylenes is 1. The number of nitriles is 1. The van der Waals surface area contributed by atoms with E-state index in [1.165, 1.54) is 4.90 Å². The second kappa shape index (κ2) is 6.39. The number of hydrogen-bond acceptors (Lipinski definition) is 4. The largest absolute Gasteiger partial charge is 0.317 e. The third kappa shape index (κ3) is 3.22. The molecule has 1 aliphatic rings. The Morgan fingerprint density at radius 1 is 1.44 bits per heavy atom. The quantitative estimate of drug-likeness (QED) is 0.546. The van der Waals surface area contributed by atoms with Gasteiger partial charge in [-0.05, 0) is 13.8 Å². The standard InChI is InChI=1S/C13H20N4O/c1-4-8-16(9-5-14)12(18)13(2,3)17-10-6-15-7-11-17/h1,15H,6-11H2,2-3H3. The van der Waals surface area contributed by atoms with Gasteiger partial charge in [0.05, 0.1) is 18.2 Å². The van der Waals surface area contributed by atoms with Gasteiger partial charge in [-0.1, -0.05) is 5.92 Å². The number of carbonyl (C=O) groups is 1. The molecule has 0 aliphatic carbocycles. The lowest BCUT2D eigenvalue weighted by Crippen LogP contribution is -2.60. The van der Waals surface area contributed by atoms with Crippen LogP contribution in [0.4, 0.5) is 0 Å². The van der Waals surface area contributed by atoms with Gasteiger partial charge in [-0.2, -0.15) is 5.26 Å². The zero-order valence-corrected chi connectivity index (χ0v) is 11.1. The molecule has 0 atom stereocenters. The number of piperazine rings is 1. The number of rotatable bonds is 4. The van der Waals surface area contributed by atoms with Crippen molar-refractivity contribution in [2.24, 2.45) is 0 Å². The van der Waals surface area contributed by atoms with Gasteiger partial charge in [-0.25, -0.2) is 0 Å². The molecule has 1 saturated heterocycles. The summed E-state index contributed by atoms with van der Waals surface area (Å²) in [6.07, 6.45) is 5.24. The summed E-state index contributed by atoms with van der Waals surface area (Å²) in [5.74, 6) is 2.35. The molecule has 5 heteroatoms. The van der Waals surface area contributed by atoms with Crippen molar-refractivity contribution in [2.45, 2.75) is 19.4 Å². The minimum Gasteiger partial charge on any atom is -0.317 e. The van der Waals surface area contributed by atoms with Crippen LogP contribution >= 0.6 is 0 Å². The van der Waals surface area contributed by atoms with Gasteiger partial charge in [0, 0.05) is 26.2 Å². The zero-order valence-electron chi connectivity index (χ0n) is 11.1. The Bertz CT molecular complexity index is 355. The average molecular weight is 248 g/mol. The lowest BCUT2D eigenvalue weighted by atomic mass is 9.99. The van der Waals surface area contributed by atoms with E-state index in [9.17, 15) is 4.79 Å². The highest BCUT2D eigenvalue weighted by atomic mass is 16.2. The van der Waals surface area contributed by atoms with Crippen LogP contribution in [0.2, 0.25) is 0 Å². The van der Waals surface area contributed by atoms with Crippen molar-refractivity contribution < 1.29 is 4.79 Å².